The van der Waals surface area contributed by atoms with Crippen LogP contribution >= 0.6 is 0 Å². The summed E-state index contributed by atoms with van der Waals surface area (Å²) in [6.07, 6.45) is 1.47. The molecule has 0 saturated carbocycles. The van der Waals surface area contributed by atoms with Gasteiger partial charge in [0.1, 0.15) is 6.61 Å². The molecule has 11 nitrogen and oxygen atoms in total. The lowest BCUT2D eigenvalue weighted by molar-refractivity contribution is -0.152. The molecule has 0 spiro atoms. The van der Waals surface area contributed by atoms with Crippen molar-refractivity contribution < 1.29 is 27.3 Å². The van der Waals surface area contributed by atoms with E-state index in [0.717, 1.165) is 9.87 Å². The third-order valence-electron chi connectivity index (χ3n) is 6.96. The lowest BCUT2D eigenvalue weighted by atomic mass is 9.78. The Morgan fingerprint density at radius 1 is 1.26 bits per heavy atom. The summed E-state index contributed by atoms with van der Waals surface area (Å²) in [5, 5.41) is 9.14. The fraction of sp³-hybridized carbons (Fsp3) is 0.667. The highest BCUT2D eigenvalue weighted by atomic mass is 32.2. The number of carbonyl (C=O) groups is 1. The van der Waals surface area contributed by atoms with Gasteiger partial charge in [-0.25, -0.2) is 5.14 Å². The standard InChI is InChI=1S/C21H32BN5O6S/c1-19(2)20(3,4)33-22(32-19)12-8-11-17-13-27(34(24,29)30)15-21(17,25-26-23)18(28)31-14-16-9-6-5-7-10-16/h5-7,9-10,17H,8,11-15H2,1-4H3,(H2,24,29,30)/t17-,21?/m0/s1. The highest BCUT2D eigenvalue weighted by molar-refractivity contribution is 7.86. The molecule has 0 bridgehead atoms. The number of carbonyl (C=O) groups excluding carboxylic acids is 1. The molecular formula is C21H32BN5O6S. The first-order valence-electron chi connectivity index (χ1n) is 11.2. The van der Waals surface area contributed by atoms with Crippen LogP contribution in [0.3, 0.4) is 0 Å². The van der Waals surface area contributed by atoms with Gasteiger partial charge < -0.3 is 14.0 Å². The molecule has 2 heterocycles. The van der Waals surface area contributed by atoms with Crippen molar-refractivity contribution in [3.05, 3.63) is 46.3 Å². The van der Waals surface area contributed by atoms with Crippen LogP contribution < -0.4 is 5.14 Å². The van der Waals surface area contributed by atoms with Crippen LogP contribution in [0.15, 0.2) is 35.4 Å². The molecule has 2 saturated heterocycles. The summed E-state index contributed by atoms with van der Waals surface area (Å²) in [5.74, 6) is -1.40. The van der Waals surface area contributed by atoms with Crippen molar-refractivity contribution in [1.82, 2.24) is 4.31 Å². The van der Waals surface area contributed by atoms with E-state index in [1.165, 1.54) is 0 Å². The second-order valence-electron chi connectivity index (χ2n) is 9.83. The van der Waals surface area contributed by atoms with E-state index in [4.69, 9.17) is 19.2 Å². The van der Waals surface area contributed by atoms with Gasteiger partial charge in [0.25, 0.3) is 10.2 Å². The van der Waals surface area contributed by atoms with Gasteiger partial charge in [0.2, 0.25) is 0 Å². The van der Waals surface area contributed by atoms with Crippen LogP contribution in [0, 0.1) is 5.92 Å². The summed E-state index contributed by atoms with van der Waals surface area (Å²) in [5.41, 5.74) is 7.36. The third-order valence-corrected chi connectivity index (χ3v) is 7.96. The normalized spacial score (nSPS) is 26.3. The van der Waals surface area contributed by atoms with Crippen molar-refractivity contribution in [1.29, 1.82) is 0 Å². The van der Waals surface area contributed by atoms with Crippen LogP contribution in [0.25, 0.3) is 10.4 Å². The summed E-state index contributed by atoms with van der Waals surface area (Å²) >= 11 is 0. The predicted molar refractivity (Wildman–Crippen MR) is 126 cm³/mol. The zero-order valence-corrected chi connectivity index (χ0v) is 20.8. The minimum atomic E-state index is -4.10. The Morgan fingerprint density at radius 3 is 2.44 bits per heavy atom. The maximum atomic E-state index is 13.2. The smallest absolute Gasteiger partial charge is 0.457 e. The maximum absolute atomic E-state index is 13.2. The minimum Gasteiger partial charge on any atom is -0.460 e. The molecule has 2 N–H and O–H groups in total. The first kappa shape index (κ1) is 26.5. The summed E-state index contributed by atoms with van der Waals surface area (Å²) in [6, 6.07) is 9.04. The van der Waals surface area contributed by atoms with Crippen molar-refractivity contribution >= 4 is 23.3 Å². The molecule has 0 radical (unpaired) electrons. The number of hydrogen-bond acceptors (Lipinski definition) is 7. The number of azide groups is 1. The zero-order chi connectivity index (χ0) is 25.2. The molecule has 2 aliphatic rings. The monoisotopic (exact) mass is 493 g/mol. The Labute approximate surface area is 200 Å². The molecular weight excluding hydrogens is 461 g/mol. The van der Waals surface area contributed by atoms with Crippen LogP contribution in [-0.4, -0.2) is 55.6 Å². The molecule has 186 valence electrons. The van der Waals surface area contributed by atoms with E-state index in [0.29, 0.717) is 19.2 Å². The predicted octanol–water partition coefficient (Wildman–Crippen LogP) is 2.79. The van der Waals surface area contributed by atoms with E-state index in [1.54, 1.807) is 12.1 Å². The van der Waals surface area contributed by atoms with Crippen LogP contribution in [0.5, 0.6) is 0 Å². The number of nitrogens with two attached hydrogens (primary N) is 1. The second-order valence-corrected chi connectivity index (χ2v) is 11.4. The maximum Gasteiger partial charge on any atom is 0.457 e. The summed E-state index contributed by atoms with van der Waals surface area (Å²) in [6.45, 7) is 7.39. The van der Waals surface area contributed by atoms with Gasteiger partial charge in [-0.2, -0.15) is 12.7 Å². The molecule has 34 heavy (non-hydrogen) atoms. The largest absolute Gasteiger partial charge is 0.460 e. The highest BCUT2D eigenvalue weighted by Gasteiger charge is 2.55. The molecule has 0 aliphatic carbocycles. The van der Waals surface area contributed by atoms with E-state index in [-0.39, 0.29) is 19.7 Å². The zero-order valence-electron chi connectivity index (χ0n) is 20.0. The van der Waals surface area contributed by atoms with E-state index in [2.05, 4.69) is 10.0 Å². The number of rotatable bonds is 9. The van der Waals surface area contributed by atoms with E-state index in [9.17, 15) is 18.7 Å². The van der Waals surface area contributed by atoms with Crippen molar-refractivity contribution in [3.63, 3.8) is 0 Å². The van der Waals surface area contributed by atoms with E-state index in [1.807, 2.05) is 45.9 Å². The van der Waals surface area contributed by atoms with Gasteiger partial charge in [0.05, 0.1) is 11.2 Å². The fourth-order valence-corrected chi connectivity index (χ4v) is 5.07. The van der Waals surface area contributed by atoms with Crippen molar-refractivity contribution in [2.24, 2.45) is 16.2 Å². The van der Waals surface area contributed by atoms with Gasteiger partial charge in [-0.05, 0) is 57.4 Å². The van der Waals surface area contributed by atoms with Gasteiger partial charge in [-0.1, -0.05) is 41.9 Å². The molecule has 3 rings (SSSR count). The fourth-order valence-electron chi connectivity index (χ4n) is 4.31. The third kappa shape index (κ3) is 5.56. The average Bonchev–Trinajstić information content (AvgIpc) is 3.21. The molecule has 13 heteroatoms. The second kappa shape index (κ2) is 9.84. The average molecular weight is 493 g/mol. The Morgan fingerprint density at radius 2 is 1.88 bits per heavy atom. The number of benzene rings is 1. The Hall–Kier alpha value is -2.15. The summed E-state index contributed by atoms with van der Waals surface area (Å²) in [4.78, 5) is 16.1. The number of esters is 1. The van der Waals surface area contributed by atoms with Gasteiger partial charge in [-0.3, -0.25) is 4.79 Å². The quantitative estimate of drug-likeness (QED) is 0.183. The van der Waals surface area contributed by atoms with Crippen LogP contribution in [0.4, 0.5) is 0 Å². The van der Waals surface area contributed by atoms with Crippen LogP contribution in [0.2, 0.25) is 6.32 Å². The Bertz CT molecular complexity index is 1030. The molecule has 0 amide bonds. The summed E-state index contributed by atoms with van der Waals surface area (Å²) in [7, 11) is -4.53. The Balaban J connectivity index is 1.75. The van der Waals surface area contributed by atoms with Crippen molar-refractivity contribution in [3.8, 4) is 0 Å². The molecule has 2 atom stereocenters. The summed E-state index contributed by atoms with van der Waals surface area (Å²) < 4.78 is 42.6. The SMILES string of the molecule is CC1(C)OB(CCC[C@H]2CN(S(N)(=O)=O)CC2(N=[N+]=[N-])C(=O)OCc2ccccc2)OC1(C)C. The van der Waals surface area contributed by atoms with Gasteiger partial charge >= 0.3 is 13.1 Å². The molecule has 1 unspecified atom stereocenters. The number of nitrogens with zero attached hydrogens (tertiary/aromatic N) is 4. The van der Waals surface area contributed by atoms with Crippen LogP contribution in [-0.2, 0) is 35.7 Å². The van der Waals surface area contributed by atoms with Crippen molar-refractivity contribution in [2.75, 3.05) is 13.1 Å². The van der Waals surface area contributed by atoms with E-state index < -0.39 is 46.0 Å². The van der Waals surface area contributed by atoms with E-state index >= 15 is 0 Å². The van der Waals surface area contributed by atoms with Gasteiger partial charge in [0, 0.05) is 18.0 Å². The lowest BCUT2D eigenvalue weighted by Gasteiger charge is -2.32. The van der Waals surface area contributed by atoms with Crippen LogP contribution in [0.1, 0.15) is 46.1 Å². The van der Waals surface area contributed by atoms with Crippen molar-refractivity contribution in [2.45, 2.75) is 70.2 Å². The minimum absolute atomic E-state index is 0.0294. The first-order valence-corrected chi connectivity index (χ1v) is 12.7. The first-order chi connectivity index (χ1) is 15.8. The molecule has 1 aromatic carbocycles. The van der Waals surface area contributed by atoms with Gasteiger partial charge in [0.15, 0.2) is 5.54 Å². The molecule has 2 aliphatic heterocycles. The highest BCUT2D eigenvalue weighted by Crippen LogP contribution is 2.40. The Kier molecular flexibility index (Phi) is 7.66. The molecule has 1 aromatic rings. The molecule has 0 aromatic heterocycles. The van der Waals surface area contributed by atoms with Gasteiger partial charge in [-0.15, -0.1) is 0 Å². The molecule has 2 fully saturated rings. The lowest BCUT2D eigenvalue weighted by Crippen LogP contribution is -2.46. The topological polar surface area (TPSA) is 157 Å². The number of hydrogen-bond donors (Lipinski definition) is 1. The number of ether oxygens (including phenoxy) is 1.